The summed E-state index contributed by atoms with van der Waals surface area (Å²) in [7, 11) is 1.57. The van der Waals surface area contributed by atoms with Crippen LogP contribution in [0.4, 0.5) is 0 Å². The number of hydrogen-bond acceptors (Lipinski definition) is 4. The van der Waals surface area contributed by atoms with Crippen LogP contribution in [0.25, 0.3) is 0 Å². The zero-order valence-corrected chi connectivity index (χ0v) is 12.1. The summed E-state index contributed by atoms with van der Waals surface area (Å²) in [5.74, 6) is 2.47. The first-order valence-electron chi connectivity index (χ1n) is 6.57. The van der Waals surface area contributed by atoms with Crippen LogP contribution < -0.4 is 19.9 Å². The molecular formula is C16H18N2O3. The van der Waals surface area contributed by atoms with Crippen molar-refractivity contribution >= 4 is 5.84 Å². The number of ether oxygens (including phenoxy) is 3. The predicted molar refractivity (Wildman–Crippen MR) is 81.7 cm³/mol. The average molecular weight is 286 g/mol. The van der Waals surface area contributed by atoms with Crippen molar-refractivity contribution in [3.8, 4) is 23.0 Å². The molecule has 0 aromatic heterocycles. The third kappa shape index (κ3) is 3.66. The van der Waals surface area contributed by atoms with Crippen molar-refractivity contribution < 1.29 is 14.2 Å². The number of benzene rings is 2. The number of methoxy groups -OCH3 is 1. The Hall–Kier alpha value is -2.69. The number of nitrogen functional groups attached to an aromatic ring is 1. The molecule has 0 fully saturated rings. The molecule has 110 valence electrons. The molecule has 0 unspecified atom stereocenters. The Morgan fingerprint density at radius 1 is 1.05 bits per heavy atom. The second kappa shape index (κ2) is 6.65. The molecule has 5 nitrogen and oxygen atoms in total. The zero-order chi connectivity index (χ0) is 15.2. The Kier molecular flexibility index (Phi) is 4.66. The fraction of sp³-hybridized carbons (Fsp3) is 0.188. The summed E-state index contributed by atoms with van der Waals surface area (Å²) in [5, 5.41) is 7.60. The Bertz CT molecular complexity index is 624. The van der Waals surface area contributed by atoms with E-state index in [1.165, 1.54) is 0 Å². The summed E-state index contributed by atoms with van der Waals surface area (Å²) in [6.07, 6.45) is 0. The highest BCUT2D eigenvalue weighted by atomic mass is 16.5. The topological polar surface area (TPSA) is 77.6 Å². The van der Waals surface area contributed by atoms with Crippen LogP contribution in [-0.2, 0) is 0 Å². The molecule has 0 atom stereocenters. The van der Waals surface area contributed by atoms with Crippen molar-refractivity contribution in [1.29, 1.82) is 5.41 Å². The smallest absolute Gasteiger partial charge is 0.142 e. The van der Waals surface area contributed by atoms with Gasteiger partial charge in [0.2, 0.25) is 0 Å². The van der Waals surface area contributed by atoms with Crippen molar-refractivity contribution in [2.45, 2.75) is 6.92 Å². The van der Waals surface area contributed by atoms with Crippen LogP contribution in [0.1, 0.15) is 12.5 Å². The summed E-state index contributed by atoms with van der Waals surface area (Å²) < 4.78 is 16.3. The quantitative estimate of drug-likeness (QED) is 0.631. The van der Waals surface area contributed by atoms with E-state index in [1.807, 2.05) is 19.1 Å². The Labute approximate surface area is 123 Å². The molecule has 2 rings (SSSR count). The van der Waals surface area contributed by atoms with Crippen LogP contribution in [0.2, 0.25) is 0 Å². The van der Waals surface area contributed by atoms with E-state index in [4.69, 9.17) is 25.4 Å². The van der Waals surface area contributed by atoms with Gasteiger partial charge in [-0.05, 0) is 43.3 Å². The maximum atomic E-state index is 7.60. The summed E-state index contributed by atoms with van der Waals surface area (Å²) in [4.78, 5) is 0. The van der Waals surface area contributed by atoms with Gasteiger partial charge < -0.3 is 19.9 Å². The van der Waals surface area contributed by atoms with E-state index in [2.05, 4.69) is 0 Å². The molecule has 0 aliphatic carbocycles. The molecule has 0 aliphatic heterocycles. The van der Waals surface area contributed by atoms with Crippen LogP contribution in [0.5, 0.6) is 23.0 Å². The standard InChI is InChI=1S/C16H18N2O3/c1-3-20-11-4-6-12(7-5-11)21-15-10-13(19-2)8-9-14(15)16(17)18/h4-10H,3H2,1-2H3,(H3,17,18). The Balaban J connectivity index is 2.26. The molecule has 0 bridgehead atoms. The number of nitrogens with two attached hydrogens (primary N) is 1. The van der Waals surface area contributed by atoms with Gasteiger partial charge in [0.05, 0.1) is 19.3 Å². The van der Waals surface area contributed by atoms with Crippen molar-refractivity contribution in [2.75, 3.05) is 13.7 Å². The second-order valence-electron chi connectivity index (χ2n) is 4.28. The number of hydrogen-bond donors (Lipinski definition) is 2. The minimum Gasteiger partial charge on any atom is -0.497 e. The third-order valence-corrected chi connectivity index (χ3v) is 2.84. The number of nitrogens with one attached hydrogen (secondary N) is 1. The van der Waals surface area contributed by atoms with E-state index in [1.54, 1.807) is 37.4 Å². The van der Waals surface area contributed by atoms with Crippen LogP contribution in [0.15, 0.2) is 42.5 Å². The number of amidine groups is 1. The minimum atomic E-state index is -0.0569. The predicted octanol–water partition coefficient (Wildman–Crippen LogP) is 3.17. The molecule has 0 spiro atoms. The lowest BCUT2D eigenvalue weighted by Gasteiger charge is -2.12. The van der Waals surface area contributed by atoms with Gasteiger partial charge in [-0.15, -0.1) is 0 Å². The van der Waals surface area contributed by atoms with Crippen LogP contribution in [-0.4, -0.2) is 19.6 Å². The van der Waals surface area contributed by atoms with E-state index in [-0.39, 0.29) is 5.84 Å². The van der Waals surface area contributed by atoms with Gasteiger partial charge in [-0.1, -0.05) is 0 Å². The van der Waals surface area contributed by atoms with Gasteiger partial charge >= 0.3 is 0 Å². The van der Waals surface area contributed by atoms with Gasteiger partial charge in [0.25, 0.3) is 0 Å². The zero-order valence-electron chi connectivity index (χ0n) is 12.1. The largest absolute Gasteiger partial charge is 0.497 e. The Morgan fingerprint density at radius 2 is 1.67 bits per heavy atom. The van der Waals surface area contributed by atoms with Crippen molar-refractivity contribution in [2.24, 2.45) is 5.73 Å². The second-order valence-corrected chi connectivity index (χ2v) is 4.28. The lowest BCUT2D eigenvalue weighted by molar-refractivity contribution is 0.339. The molecule has 0 heterocycles. The summed E-state index contributed by atoms with van der Waals surface area (Å²) >= 11 is 0. The molecule has 3 N–H and O–H groups in total. The molecule has 0 saturated heterocycles. The first-order valence-corrected chi connectivity index (χ1v) is 6.57. The first kappa shape index (κ1) is 14.7. The lowest BCUT2D eigenvalue weighted by Crippen LogP contribution is -2.12. The normalized spacial score (nSPS) is 10.0. The van der Waals surface area contributed by atoms with E-state index in [0.717, 1.165) is 5.75 Å². The van der Waals surface area contributed by atoms with E-state index >= 15 is 0 Å². The summed E-state index contributed by atoms with van der Waals surface area (Å²) in [6, 6.07) is 12.4. The summed E-state index contributed by atoms with van der Waals surface area (Å²) in [5.41, 5.74) is 6.08. The minimum absolute atomic E-state index is 0.0569. The fourth-order valence-electron chi connectivity index (χ4n) is 1.83. The molecule has 0 radical (unpaired) electrons. The van der Waals surface area contributed by atoms with Crippen molar-refractivity contribution in [3.63, 3.8) is 0 Å². The van der Waals surface area contributed by atoms with Gasteiger partial charge in [-0.2, -0.15) is 0 Å². The maximum Gasteiger partial charge on any atom is 0.142 e. The van der Waals surface area contributed by atoms with Crippen LogP contribution in [0.3, 0.4) is 0 Å². The van der Waals surface area contributed by atoms with Gasteiger partial charge in [-0.25, -0.2) is 0 Å². The van der Waals surface area contributed by atoms with Gasteiger partial charge in [-0.3, -0.25) is 5.41 Å². The third-order valence-electron chi connectivity index (χ3n) is 2.84. The monoisotopic (exact) mass is 286 g/mol. The highest BCUT2D eigenvalue weighted by Crippen LogP contribution is 2.30. The molecule has 0 aliphatic rings. The van der Waals surface area contributed by atoms with Gasteiger partial charge in [0, 0.05) is 6.07 Å². The van der Waals surface area contributed by atoms with Crippen LogP contribution in [0, 0.1) is 5.41 Å². The fourth-order valence-corrected chi connectivity index (χ4v) is 1.83. The highest BCUT2D eigenvalue weighted by Gasteiger charge is 2.09. The molecule has 5 heteroatoms. The molecule has 21 heavy (non-hydrogen) atoms. The van der Waals surface area contributed by atoms with Crippen molar-refractivity contribution in [1.82, 2.24) is 0 Å². The first-order chi connectivity index (χ1) is 10.1. The SMILES string of the molecule is CCOc1ccc(Oc2cc(OC)ccc2C(=N)N)cc1. The van der Waals surface area contributed by atoms with Crippen molar-refractivity contribution in [3.05, 3.63) is 48.0 Å². The maximum absolute atomic E-state index is 7.60. The number of rotatable bonds is 6. The van der Waals surface area contributed by atoms with Gasteiger partial charge in [0.15, 0.2) is 0 Å². The molecular weight excluding hydrogens is 268 g/mol. The molecule has 0 saturated carbocycles. The summed E-state index contributed by atoms with van der Waals surface area (Å²) in [6.45, 7) is 2.55. The average Bonchev–Trinajstić information content (AvgIpc) is 2.49. The Morgan fingerprint density at radius 3 is 2.24 bits per heavy atom. The molecule has 2 aromatic rings. The van der Waals surface area contributed by atoms with E-state index in [9.17, 15) is 0 Å². The lowest BCUT2D eigenvalue weighted by atomic mass is 10.1. The van der Waals surface area contributed by atoms with E-state index in [0.29, 0.717) is 29.4 Å². The van der Waals surface area contributed by atoms with Crippen LogP contribution >= 0.6 is 0 Å². The van der Waals surface area contributed by atoms with E-state index < -0.39 is 0 Å². The molecule has 0 amide bonds. The highest BCUT2D eigenvalue weighted by molar-refractivity contribution is 5.97. The molecule has 2 aromatic carbocycles. The van der Waals surface area contributed by atoms with Gasteiger partial charge in [0.1, 0.15) is 28.8 Å².